The van der Waals surface area contributed by atoms with Crippen molar-refractivity contribution in [1.29, 1.82) is 0 Å². The highest BCUT2D eigenvalue weighted by Gasteiger charge is 2.35. The summed E-state index contributed by atoms with van der Waals surface area (Å²) in [6.45, 7) is 8.13. The number of nitrogens with one attached hydrogen (secondary N) is 1. The van der Waals surface area contributed by atoms with Gasteiger partial charge in [0.25, 0.3) is 0 Å². The van der Waals surface area contributed by atoms with E-state index in [-0.39, 0.29) is 36.2 Å². The summed E-state index contributed by atoms with van der Waals surface area (Å²) in [7, 11) is 0. The minimum absolute atomic E-state index is 0. The first-order valence-corrected chi connectivity index (χ1v) is 6.89. The highest BCUT2D eigenvalue weighted by atomic mass is 35.5. The Kier molecular flexibility index (Phi) is 6.27. The second-order valence-electron chi connectivity index (χ2n) is 5.93. The first-order valence-electron chi connectivity index (χ1n) is 6.89. The number of piperazine rings is 1. The third-order valence-electron chi connectivity index (χ3n) is 3.85. The molecule has 1 fully saturated rings. The number of aliphatic hydroxyl groups excluding tert-OH is 1. The van der Waals surface area contributed by atoms with Crippen LogP contribution in [-0.4, -0.2) is 47.9 Å². The molecule has 114 valence electrons. The molecule has 0 unspecified atom stereocenters. The summed E-state index contributed by atoms with van der Waals surface area (Å²) in [5.41, 5.74) is 0.825. The molecule has 2 rings (SSSR count). The van der Waals surface area contributed by atoms with Crippen molar-refractivity contribution in [2.75, 3.05) is 32.8 Å². The molecular formula is C15H25ClN2O2. The number of aromatic hydroxyl groups is 1. The van der Waals surface area contributed by atoms with Crippen LogP contribution < -0.4 is 5.32 Å². The molecule has 0 aliphatic carbocycles. The number of aliphatic hydroxyl groups is 1. The highest BCUT2D eigenvalue weighted by Crippen LogP contribution is 2.39. The van der Waals surface area contributed by atoms with Crippen molar-refractivity contribution in [2.24, 2.45) is 5.41 Å². The summed E-state index contributed by atoms with van der Waals surface area (Å²) in [4.78, 5) is 2.39. The molecule has 0 amide bonds. The Balaban J connectivity index is 0.00000200. The van der Waals surface area contributed by atoms with Gasteiger partial charge in [-0.15, -0.1) is 12.4 Å². The number of benzene rings is 1. The molecule has 3 N–H and O–H groups in total. The van der Waals surface area contributed by atoms with Gasteiger partial charge in [-0.3, -0.25) is 4.90 Å². The Morgan fingerprint density at radius 2 is 1.95 bits per heavy atom. The lowest BCUT2D eigenvalue weighted by atomic mass is 9.79. The van der Waals surface area contributed by atoms with Crippen LogP contribution in [0.3, 0.4) is 0 Å². The van der Waals surface area contributed by atoms with Crippen molar-refractivity contribution < 1.29 is 10.2 Å². The minimum Gasteiger partial charge on any atom is -0.508 e. The Labute approximate surface area is 127 Å². The maximum Gasteiger partial charge on any atom is 0.115 e. The van der Waals surface area contributed by atoms with E-state index in [0.29, 0.717) is 0 Å². The summed E-state index contributed by atoms with van der Waals surface area (Å²) in [5.74, 6) is 0.284. The largest absolute Gasteiger partial charge is 0.508 e. The molecule has 0 bridgehead atoms. The van der Waals surface area contributed by atoms with Crippen LogP contribution in [0.4, 0.5) is 0 Å². The van der Waals surface area contributed by atoms with Crippen LogP contribution in [0.15, 0.2) is 24.3 Å². The Morgan fingerprint density at radius 1 is 1.30 bits per heavy atom. The molecule has 0 aromatic heterocycles. The van der Waals surface area contributed by atoms with Gasteiger partial charge in [0.2, 0.25) is 0 Å². The van der Waals surface area contributed by atoms with E-state index in [1.54, 1.807) is 6.07 Å². The number of phenolic OH excluding ortho intramolecular Hbond substituents is 1. The molecule has 1 saturated heterocycles. The van der Waals surface area contributed by atoms with Crippen LogP contribution in [0, 0.1) is 5.41 Å². The summed E-state index contributed by atoms with van der Waals surface area (Å²) in [6, 6.07) is 7.51. The predicted molar refractivity (Wildman–Crippen MR) is 83.4 cm³/mol. The van der Waals surface area contributed by atoms with Crippen molar-refractivity contribution in [3.8, 4) is 5.75 Å². The number of hydrogen-bond acceptors (Lipinski definition) is 4. The van der Waals surface area contributed by atoms with E-state index < -0.39 is 0 Å². The van der Waals surface area contributed by atoms with Crippen LogP contribution in [-0.2, 0) is 0 Å². The Bertz CT molecular complexity index is 420. The lowest BCUT2D eigenvalue weighted by Gasteiger charge is -2.43. The number of hydrogen-bond donors (Lipinski definition) is 3. The molecule has 0 radical (unpaired) electrons. The van der Waals surface area contributed by atoms with Gasteiger partial charge in [0, 0.05) is 44.2 Å². The quantitative estimate of drug-likeness (QED) is 0.793. The van der Waals surface area contributed by atoms with Crippen molar-refractivity contribution in [2.45, 2.75) is 19.9 Å². The maximum atomic E-state index is 9.72. The molecule has 0 spiro atoms. The van der Waals surface area contributed by atoms with E-state index in [0.717, 1.165) is 31.7 Å². The molecule has 5 heteroatoms. The van der Waals surface area contributed by atoms with Gasteiger partial charge in [-0.1, -0.05) is 26.0 Å². The van der Waals surface area contributed by atoms with E-state index in [9.17, 15) is 10.2 Å². The summed E-state index contributed by atoms with van der Waals surface area (Å²) >= 11 is 0. The average Bonchev–Trinajstić information content (AvgIpc) is 2.40. The summed E-state index contributed by atoms with van der Waals surface area (Å²) in [6.07, 6.45) is 0. The molecule has 1 aromatic carbocycles. The molecule has 1 aliphatic heterocycles. The Hall–Kier alpha value is -0.810. The van der Waals surface area contributed by atoms with Crippen molar-refractivity contribution in [1.82, 2.24) is 10.2 Å². The van der Waals surface area contributed by atoms with Crippen molar-refractivity contribution in [3.05, 3.63) is 29.8 Å². The normalized spacial score (nSPS) is 18.4. The Morgan fingerprint density at radius 3 is 2.50 bits per heavy atom. The molecule has 1 aromatic rings. The summed E-state index contributed by atoms with van der Waals surface area (Å²) < 4.78 is 0. The standard InChI is InChI=1S/C15H24N2O2.ClH/c1-15(2,11-18)14(17-8-6-16-7-9-17)12-4-3-5-13(19)10-12;/h3-5,10,14,16,18-19H,6-9,11H2,1-2H3;1H/t14-;/m1./s1. The SMILES string of the molecule is CC(C)(CO)[C@@H](c1cccc(O)c1)N1CCNCC1.Cl. The van der Waals surface area contributed by atoms with Crippen LogP contribution in [0.5, 0.6) is 5.75 Å². The number of phenols is 1. The zero-order chi connectivity index (χ0) is 13.9. The fourth-order valence-corrected chi connectivity index (χ4v) is 2.88. The van der Waals surface area contributed by atoms with E-state index in [1.807, 2.05) is 18.2 Å². The molecule has 1 aliphatic rings. The zero-order valence-corrected chi connectivity index (χ0v) is 13.0. The van der Waals surface area contributed by atoms with Crippen LogP contribution in [0.25, 0.3) is 0 Å². The van der Waals surface area contributed by atoms with Gasteiger partial charge < -0.3 is 15.5 Å². The molecule has 0 saturated carbocycles. The smallest absolute Gasteiger partial charge is 0.115 e. The molecule has 4 nitrogen and oxygen atoms in total. The van der Waals surface area contributed by atoms with Gasteiger partial charge in [-0.2, -0.15) is 0 Å². The van der Waals surface area contributed by atoms with Gasteiger partial charge in [-0.05, 0) is 17.7 Å². The number of nitrogens with zero attached hydrogens (tertiary/aromatic N) is 1. The molecule has 20 heavy (non-hydrogen) atoms. The third-order valence-corrected chi connectivity index (χ3v) is 3.85. The fraction of sp³-hybridized carbons (Fsp3) is 0.600. The maximum absolute atomic E-state index is 9.72. The molecular weight excluding hydrogens is 276 g/mol. The van der Waals surface area contributed by atoms with E-state index in [1.165, 1.54) is 0 Å². The van der Waals surface area contributed by atoms with Crippen molar-refractivity contribution >= 4 is 12.4 Å². The van der Waals surface area contributed by atoms with Crippen LogP contribution >= 0.6 is 12.4 Å². The second kappa shape index (κ2) is 7.27. The fourth-order valence-electron chi connectivity index (χ4n) is 2.88. The van der Waals surface area contributed by atoms with Crippen LogP contribution in [0.1, 0.15) is 25.5 Å². The van der Waals surface area contributed by atoms with E-state index in [4.69, 9.17) is 0 Å². The lowest BCUT2D eigenvalue weighted by Crippen LogP contribution is -2.49. The van der Waals surface area contributed by atoms with Crippen molar-refractivity contribution in [3.63, 3.8) is 0 Å². The minimum atomic E-state index is -0.245. The summed E-state index contributed by atoms with van der Waals surface area (Å²) in [5, 5.41) is 22.8. The number of halogens is 1. The second-order valence-corrected chi connectivity index (χ2v) is 5.93. The average molecular weight is 301 g/mol. The van der Waals surface area contributed by atoms with Gasteiger partial charge in [0.1, 0.15) is 5.75 Å². The van der Waals surface area contributed by atoms with Gasteiger partial charge in [0.15, 0.2) is 0 Å². The first kappa shape index (κ1) is 17.2. The highest BCUT2D eigenvalue weighted by molar-refractivity contribution is 5.85. The third kappa shape index (κ3) is 3.85. The van der Waals surface area contributed by atoms with Gasteiger partial charge >= 0.3 is 0 Å². The lowest BCUT2D eigenvalue weighted by molar-refractivity contribution is 0.0304. The molecule has 1 atom stereocenters. The van der Waals surface area contributed by atoms with Gasteiger partial charge in [-0.25, -0.2) is 0 Å². The van der Waals surface area contributed by atoms with E-state index in [2.05, 4.69) is 24.1 Å². The molecule has 1 heterocycles. The zero-order valence-electron chi connectivity index (χ0n) is 12.2. The monoisotopic (exact) mass is 300 g/mol. The predicted octanol–water partition coefficient (Wildman–Crippen LogP) is 1.78. The first-order chi connectivity index (χ1) is 9.04. The number of rotatable bonds is 4. The van der Waals surface area contributed by atoms with Gasteiger partial charge in [0.05, 0.1) is 0 Å². The van der Waals surface area contributed by atoms with Crippen LogP contribution in [0.2, 0.25) is 0 Å². The van der Waals surface area contributed by atoms with E-state index >= 15 is 0 Å². The topological polar surface area (TPSA) is 55.7 Å².